The highest BCUT2D eigenvalue weighted by Crippen LogP contribution is 2.19. The van der Waals surface area contributed by atoms with Crippen LogP contribution in [0.3, 0.4) is 0 Å². The van der Waals surface area contributed by atoms with Crippen molar-refractivity contribution in [3.63, 3.8) is 0 Å². The Balaban J connectivity index is 2.66. The number of amides is 1. The van der Waals surface area contributed by atoms with Crippen molar-refractivity contribution in [2.75, 3.05) is 12.3 Å². The Labute approximate surface area is 119 Å². The maximum atomic E-state index is 12.0. The summed E-state index contributed by atoms with van der Waals surface area (Å²) in [7, 11) is 0. The minimum Gasteiger partial charge on any atom is -0.388 e. The van der Waals surface area contributed by atoms with Crippen molar-refractivity contribution in [3.8, 4) is 0 Å². The van der Waals surface area contributed by atoms with Gasteiger partial charge in [-0.05, 0) is 36.8 Å². The van der Waals surface area contributed by atoms with E-state index in [4.69, 9.17) is 0 Å². The van der Waals surface area contributed by atoms with Gasteiger partial charge in [0.05, 0.1) is 5.60 Å². The molecule has 0 spiro atoms. The predicted molar refractivity (Wildman–Crippen MR) is 80.6 cm³/mol. The van der Waals surface area contributed by atoms with Crippen LogP contribution in [0.1, 0.15) is 38.1 Å². The molecular weight excluding hydrogens is 258 g/mol. The number of hydrogen-bond donors (Lipinski definition) is 2. The van der Waals surface area contributed by atoms with E-state index in [9.17, 15) is 9.90 Å². The summed E-state index contributed by atoms with van der Waals surface area (Å²) in [6, 6.07) is 7.55. The number of aliphatic hydroxyl groups is 1. The molecule has 106 valence electrons. The summed E-state index contributed by atoms with van der Waals surface area (Å²) in [5.74, 6) is 0.932. The maximum absolute atomic E-state index is 12.0. The minimum atomic E-state index is -0.883. The van der Waals surface area contributed by atoms with Gasteiger partial charge < -0.3 is 10.4 Å². The summed E-state index contributed by atoms with van der Waals surface area (Å²) in [5.41, 5.74) is -0.246. The SMILES string of the molecule is CCSc1cccc(C(=O)NCC(C)(O)C(C)C)c1. The second-order valence-corrected chi connectivity index (χ2v) is 6.49. The Morgan fingerprint density at radius 2 is 2.16 bits per heavy atom. The van der Waals surface area contributed by atoms with E-state index in [0.717, 1.165) is 10.6 Å². The van der Waals surface area contributed by atoms with Crippen LogP contribution in [-0.2, 0) is 0 Å². The first-order chi connectivity index (χ1) is 8.86. The Hall–Kier alpha value is -1.00. The molecule has 1 aromatic rings. The van der Waals surface area contributed by atoms with Crippen LogP contribution in [-0.4, -0.2) is 28.9 Å². The van der Waals surface area contributed by atoms with E-state index in [1.54, 1.807) is 24.8 Å². The van der Waals surface area contributed by atoms with E-state index in [1.165, 1.54) is 0 Å². The van der Waals surface area contributed by atoms with Crippen molar-refractivity contribution in [2.45, 2.75) is 38.2 Å². The van der Waals surface area contributed by atoms with Gasteiger partial charge in [0.15, 0.2) is 0 Å². The first-order valence-corrected chi connectivity index (χ1v) is 7.59. The molecule has 0 aliphatic rings. The molecule has 1 atom stereocenters. The smallest absolute Gasteiger partial charge is 0.251 e. The fourth-order valence-corrected chi connectivity index (χ4v) is 2.18. The number of rotatable bonds is 6. The second kappa shape index (κ2) is 6.96. The molecule has 1 rings (SSSR count). The van der Waals surface area contributed by atoms with E-state index in [0.29, 0.717) is 5.56 Å². The Morgan fingerprint density at radius 1 is 1.47 bits per heavy atom. The van der Waals surface area contributed by atoms with Crippen LogP contribution in [0.2, 0.25) is 0 Å². The monoisotopic (exact) mass is 281 g/mol. The quantitative estimate of drug-likeness (QED) is 0.788. The molecule has 2 N–H and O–H groups in total. The van der Waals surface area contributed by atoms with Gasteiger partial charge in [0, 0.05) is 17.0 Å². The van der Waals surface area contributed by atoms with Crippen molar-refractivity contribution in [3.05, 3.63) is 29.8 Å². The van der Waals surface area contributed by atoms with Gasteiger partial charge in [-0.2, -0.15) is 0 Å². The summed E-state index contributed by atoms with van der Waals surface area (Å²) < 4.78 is 0. The van der Waals surface area contributed by atoms with Crippen molar-refractivity contribution in [1.82, 2.24) is 5.32 Å². The molecule has 4 heteroatoms. The molecule has 0 bridgehead atoms. The Bertz CT molecular complexity index is 430. The van der Waals surface area contributed by atoms with Crippen LogP contribution < -0.4 is 5.32 Å². The third kappa shape index (κ3) is 4.88. The zero-order valence-electron chi connectivity index (χ0n) is 12.1. The summed E-state index contributed by atoms with van der Waals surface area (Å²) in [6.45, 7) is 7.95. The standard InChI is InChI=1S/C15H23NO2S/c1-5-19-13-8-6-7-12(9-13)14(17)16-10-15(4,18)11(2)3/h6-9,11,18H,5,10H2,1-4H3,(H,16,17). The van der Waals surface area contributed by atoms with Gasteiger partial charge in [0.1, 0.15) is 0 Å². The van der Waals surface area contributed by atoms with Gasteiger partial charge >= 0.3 is 0 Å². The number of carbonyl (C=O) groups excluding carboxylic acids is 1. The van der Waals surface area contributed by atoms with Crippen LogP contribution >= 0.6 is 11.8 Å². The third-order valence-corrected chi connectivity index (χ3v) is 4.13. The topological polar surface area (TPSA) is 49.3 Å². The lowest BCUT2D eigenvalue weighted by Gasteiger charge is -2.27. The summed E-state index contributed by atoms with van der Waals surface area (Å²) in [6.07, 6.45) is 0. The van der Waals surface area contributed by atoms with Gasteiger partial charge in [0.2, 0.25) is 0 Å². The number of benzene rings is 1. The van der Waals surface area contributed by atoms with Crippen LogP contribution in [0, 0.1) is 5.92 Å². The van der Waals surface area contributed by atoms with Gasteiger partial charge in [-0.3, -0.25) is 4.79 Å². The van der Waals surface area contributed by atoms with E-state index in [-0.39, 0.29) is 18.4 Å². The lowest BCUT2D eigenvalue weighted by Crippen LogP contribution is -2.44. The summed E-state index contributed by atoms with van der Waals surface area (Å²) >= 11 is 1.71. The van der Waals surface area contributed by atoms with Crippen LogP contribution in [0.15, 0.2) is 29.2 Å². The van der Waals surface area contributed by atoms with E-state index >= 15 is 0 Å². The molecule has 0 saturated carbocycles. The molecule has 19 heavy (non-hydrogen) atoms. The zero-order chi connectivity index (χ0) is 14.5. The molecule has 0 aliphatic heterocycles. The molecule has 0 fully saturated rings. The molecule has 0 saturated heterocycles. The Kier molecular flexibility index (Phi) is 5.88. The fraction of sp³-hybridized carbons (Fsp3) is 0.533. The largest absolute Gasteiger partial charge is 0.388 e. The van der Waals surface area contributed by atoms with E-state index in [1.807, 2.05) is 32.0 Å². The van der Waals surface area contributed by atoms with Crippen molar-refractivity contribution < 1.29 is 9.90 Å². The van der Waals surface area contributed by atoms with Gasteiger partial charge in [-0.25, -0.2) is 0 Å². The second-order valence-electron chi connectivity index (χ2n) is 5.16. The third-order valence-electron chi connectivity index (χ3n) is 3.26. The fourth-order valence-electron chi connectivity index (χ4n) is 1.46. The van der Waals surface area contributed by atoms with Crippen molar-refractivity contribution in [1.29, 1.82) is 0 Å². The summed E-state index contributed by atoms with van der Waals surface area (Å²) in [5, 5.41) is 12.9. The molecule has 0 radical (unpaired) electrons. The first-order valence-electron chi connectivity index (χ1n) is 6.60. The number of thioether (sulfide) groups is 1. The van der Waals surface area contributed by atoms with Crippen molar-refractivity contribution >= 4 is 17.7 Å². The van der Waals surface area contributed by atoms with Crippen molar-refractivity contribution in [2.24, 2.45) is 5.92 Å². The highest BCUT2D eigenvalue weighted by atomic mass is 32.2. The lowest BCUT2D eigenvalue weighted by atomic mass is 9.92. The number of hydrogen-bond acceptors (Lipinski definition) is 3. The number of carbonyl (C=O) groups is 1. The molecule has 1 amide bonds. The van der Waals surface area contributed by atoms with E-state index < -0.39 is 5.60 Å². The molecule has 0 heterocycles. The van der Waals surface area contributed by atoms with Gasteiger partial charge in [0.25, 0.3) is 5.91 Å². The highest BCUT2D eigenvalue weighted by molar-refractivity contribution is 7.99. The van der Waals surface area contributed by atoms with Gasteiger partial charge in [-0.1, -0.05) is 26.8 Å². The van der Waals surface area contributed by atoms with Crippen LogP contribution in [0.4, 0.5) is 0 Å². The predicted octanol–water partition coefficient (Wildman–Crippen LogP) is 2.94. The average molecular weight is 281 g/mol. The van der Waals surface area contributed by atoms with Crippen LogP contribution in [0.25, 0.3) is 0 Å². The zero-order valence-corrected chi connectivity index (χ0v) is 12.9. The lowest BCUT2D eigenvalue weighted by molar-refractivity contribution is 0.0142. The van der Waals surface area contributed by atoms with Crippen LogP contribution in [0.5, 0.6) is 0 Å². The number of nitrogens with one attached hydrogen (secondary N) is 1. The molecular formula is C15H23NO2S. The maximum Gasteiger partial charge on any atom is 0.251 e. The molecule has 1 unspecified atom stereocenters. The molecule has 0 aromatic heterocycles. The average Bonchev–Trinajstić information content (AvgIpc) is 2.36. The molecule has 0 aliphatic carbocycles. The highest BCUT2D eigenvalue weighted by Gasteiger charge is 2.25. The van der Waals surface area contributed by atoms with Gasteiger partial charge in [-0.15, -0.1) is 11.8 Å². The molecule has 3 nitrogen and oxygen atoms in total. The summed E-state index contributed by atoms with van der Waals surface area (Å²) in [4.78, 5) is 13.1. The first kappa shape index (κ1) is 16.1. The minimum absolute atomic E-state index is 0.0924. The molecule has 1 aromatic carbocycles. The Morgan fingerprint density at radius 3 is 2.74 bits per heavy atom. The normalized spacial score (nSPS) is 14.2. The van der Waals surface area contributed by atoms with E-state index in [2.05, 4.69) is 12.2 Å².